The van der Waals surface area contributed by atoms with Crippen molar-refractivity contribution in [3.8, 4) is 0 Å². The zero-order chi connectivity index (χ0) is 13.0. The second kappa shape index (κ2) is 6.48. The Labute approximate surface area is 117 Å². The maximum absolute atomic E-state index is 12.1. The van der Waals surface area contributed by atoms with E-state index in [2.05, 4.69) is 11.6 Å². The number of amides is 1. The van der Waals surface area contributed by atoms with Gasteiger partial charge in [-0.05, 0) is 24.7 Å². The van der Waals surface area contributed by atoms with E-state index >= 15 is 0 Å². The molecule has 2 nitrogen and oxygen atoms in total. The molecule has 1 fully saturated rings. The summed E-state index contributed by atoms with van der Waals surface area (Å²) in [5.74, 6) is -0.0752. The zero-order valence-corrected chi connectivity index (χ0v) is 12.0. The van der Waals surface area contributed by atoms with Crippen molar-refractivity contribution in [1.82, 2.24) is 5.32 Å². The van der Waals surface area contributed by atoms with Crippen molar-refractivity contribution in [2.24, 2.45) is 0 Å². The first kappa shape index (κ1) is 13.8. The van der Waals surface area contributed by atoms with Gasteiger partial charge in [-0.3, -0.25) is 4.79 Å². The van der Waals surface area contributed by atoms with Crippen LogP contribution in [0.5, 0.6) is 0 Å². The van der Waals surface area contributed by atoms with Crippen molar-refractivity contribution in [1.29, 1.82) is 0 Å². The number of carbonyl (C=O) groups is 1. The van der Waals surface area contributed by atoms with Crippen LogP contribution in [0, 0.1) is 0 Å². The van der Waals surface area contributed by atoms with Crippen molar-refractivity contribution >= 4 is 29.3 Å². The fourth-order valence-electron chi connectivity index (χ4n) is 2.40. The van der Waals surface area contributed by atoms with Crippen LogP contribution in [0.15, 0.2) is 30.3 Å². The van der Waals surface area contributed by atoms with Crippen LogP contribution in [0.1, 0.15) is 30.2 Å². The maximum atomic E-state index is 12.1. The van der Waals surface area contributed by atoms with Crippen LogP contribution in [0.25, 0.3) is 0 Å². The van der Waals surface area contributed by atoms with Gasteiger partial charge in [0.05, 0.1) is 0 Å². The van der Waals surface area contributed by atoms with Gasteiger partial charge in [0.25, 0.3) is 0 Å². The molecule has 1 aromatic carbocycles. The Morgan fingerprint density at radius 1 is 1.39 bits per heavy atom. The van der Waals surface area contributed by atoms with E-state index in [1.807, 2.05) is 42.1 Å². The monoisotopic (exact) mass is 283 g/mol. The number of hydrogen-bond acceptors (Lipinski definition) is 2. The Hall–Kier alpha value is -0.670. The van der Waals surface area contributed by atoms with Crippen LogP contribution in [-0.2, 0) is 4.79 Å². The molecular weight excluding hydrogens is 266 g/mol. The average Bonchev–Trinajstić information content (AvgIpc) is 2.86. The van der Waals surface area contributed by atoms with Crippen LogP contribution in [0.3, 0.4) is 0 Å². The summed E-state index contributed by atoms with van der Waals surface area (Å²) in [7, 11) is 0. The molecule has 98 valence electrons. The highest BCUT2D eigenvalue weighted by Crippen LogP contribution is 2.29. The zero-order valence-electron chi connectivity index (χ0n) is 10.4. The van der Waals surface area contributed by atoms with Gasteiger partial charge in [0.15, 0.2) is 0 Å². The van der Waals surface area contributed by atoms with Crippen LogP contribution < -0.4 is 5.32 Å². The second-order valence-corrected chi connectivity index (χ2v) is 6.11. The lowest BCUT2D eigenvalue weighted by molar-refractivity contribution is -0.121. The highest BCUT2D eigenvalue weighted by atomic mass is 35.5. The lowest BCUT2D eigenvalue weighted by Crippen LogP contribution is -2.40. The fraction of sp³-hybridized carbons (Fsp3) is 0.500. The Morgan fingerprint density at radius 3 is 2.78 bits per heavy atom. The predicted molar refractivity (Wildman–Crippen MR) is 78.1 cm³/mol. The molecule has 1 amide bonds. The summed E-state index contributed by atoms with van der Waals surface area (Å²) in [4.78, 5) is 12.1. The van der Waals surface area contributed by atoms with Crippen LogP contribution >= 0.6 is 23.4 Å². The molecule has 2 rings (SSSR count). The van der Waals surface area contributed by atoms with Gasteiger partial charge in [0.2, 0.25) is 5.91 Å². The van der Waals surface area contributed by atoms with Gasteiger partial charge in [-0.1, -0.05) is 36.8 Å². The number of benzene rings is 1. The standard InChI is InChI=1S/C14H18ClNOS/c1-18-12-9-5-8-11(12)16-14(17)13(15)10-6-3-2-4-7-10/h2-4,6-7,11-13H,5,8-9H2,1H3,(H,16,17). The molecule has 1 aromatic rings. The minimum absolute atomic E-state index is 0.0752. The Balaban J connectivity index is 1.95. The summed E-state index contributed by atoms with van der Waals surface area (Å²) in [6.45, 7) is 0. The molecule has 0 spiro atoms. The summed E-state index contributed by atoms with van der Waals surface area (Å²) in [6, 6.07) is 9.77. The predicted octanol–water partition coefficient (Wildman–Crippen LogP) is 3.37. The van der Waals surface area contributed by atoms with E-state index in [1.54, 1.807) is 0 Å². The van der Waals surface area contributed by atoms with Crippen molar-refractivity contribution in [3.63, 3.8) is 0 Å². The van der Waals surface area contributed by atoms with Crippen molar-refractivity contribution in [2.75, 3.05) is 6.26 Å². The van der Waals surface area contributed by atoms with E-state index in [1.165, 1.54) is 12.8 Å². The number of alkyl halides is 1. The SMILES string of the molecule is CSC1CCCC1NC(=O)C(Cl)c1ccccc1. The van der Waals surface area contributed by atoms with Crippen molar-refractivity contribution < 1.29 is 4.79 Å². The molecule has 3 unspecified atom stereocenters. The van der Waals surface area contributed by atoms with Crippen LogP contribution in [0.2, 0.25) is 0 Å². The molecule has 4 heteroatoms. The molecule has 0 aromatic heterocycles. The number of hydrogen-bond donors (Lipinski definition) is 1. The molecule has 1 saturated carbocycles. The molecule has 0 radical (unpaired) electrons. The molecule has 0 saturated heterocycles. The number of rotatable bonds is 4. The van der Waals surface area contributed by atoms with E-state index < -0.39 is 5.38 Å². The normalized spacial score (nSPS) is 24.8. The van der Waals surface area contributed by atoms with Gasteiger partial charge >= 0.3 is 0 Å². The molecule has 1 N–H and O–H groups in total. The lowest BCUT2D eigenvalue weighted by atomic mass is 10.1. The summed E-state index contributed by atoms with van der Waals surface area (Å²) < 4.78 is 0. The topological polar surface area (TPSA) is 29.1 Å². The van der Waals surface area contributed by atoms with Gasteiger partial charge in [-0.2, -0.15) is 11.8 Å². The highest BCUT2D eigenvalue weighted by molar-refractivity contribution is 7.99. The van der Waals surface area contributed by atoms with Crippen molar-refractivity contribution in [2.45, 2.75) is 35.9 Å². The van der Waals surface area contributed by atoms with Gasteiger partial charge < -0.3 is 5.32 Å². The Morgan fingerprint density at radius 2 is 2.11 bits per heavy atom. The molecule has 18 heavy (non-hydrogen) atoms. The lowest BCUT2D eigenvalue weighted by Gasteiger charge is -2.21. The van der Waals surface area contributed by atoms with Gasteiger partial charge in [-0.25, -0.2) is 0 Å². The largest absolute Gasteiger partial charge is 0.351 e. The second-order valence-electron chi connectivity index (χ2n) is 4.59. The molecule has 3 atom stereocenters. The molecular formula is C14H18ClNOS. The Bertz CT molecular complexity index is 398. The third-order valence-electron chi connectivity index (χ3n) is 3.41. The summed E-state index contributed by atoms with van der Waals surface area (Å²) in [5, 5.41) is 3.03. The molecule has 1 aliphatic carbocycles. The first-order valence-corrected chi connectivity index (χ1v) is 7.97. The smallest absolute Gasteiger partial charge is 0.242 e. The van der Waals surface area contributed by atoms with Gasteiger partial charge in [0, 0.05) is 11.3 Å². The van der Waals surface area contributed by atoms with Crippen LogP contribution in [-0.4, -0.2) is 23.5 Å². The summed E-state index contributed by atoms with van der Waals surface area (Å²) in [5.41, 5.74) is 0.857. The van der Waals surface area contributed by atoms with Crippen molar-refractivity contribution in [3.05, 3.63) is 35.9 Å². The molecule has 0 heterocycles. The first-order chi connectivity index (χ1) is 8.72. The summed E-state index contributed by atoms with van der Waals surface area (Å²) >= 11 is 8.04. The third-order valence-corrected chi connectivity index (χ3v) is 5.03. The van der Waals surface area contributed by atoms with E-state index in [-0.39, 0.29) is 11.9 Å². The van der Waals surface area contributed by atoms with Crippen LogP contribution in [0.4, 0.5) is 0 Å². The molecule has 0 aliphatic heterocycles. The first-order valence-electron chi connectivity index (χ1n) is 6.24. The number of carbonyl (C=O) groups excluding carboxylic acids is 1. The minimum Gasteiger partial charge on any atom is -0.351 e. The minimum atomic E-state index is -0.589. The number of nitrogens with one attached hydrogen (secondary N) is 1. The molecule has 0 bridgehead atoms. The summed E-state index contributed by atoms with van der Waals surface area (Å²) in [6.07, 6.45) is 5.54. The third kappa shape index (κ3) is 3.21. The molecule has 1 aliphatic rings. The average molecular weight is 284 g/mol. The Kier molecular flexibility index (Phi) is 4.95. The fourth-order valence-corrected chi connectivity index (χ4v) is 3.55. The maximum Gasteiger partial charge on any atom is 0.242 e. The van der Waals surface area contributed by atoms with E-state index in [4.69, 9.17) is 11.6 Å². The van der Waals surface area contributed by atoms with E-state index in [0.717, 1.165) is 12.0 Å². The quantitative estimate of drug-likeness (QED) is 0.859. The highest BCUT2D eigenvalue weighted by Gasteiger charge is 2.29. The van der Waals surface area contributed by atoms with Gasteiger partial charge in [-0.15, -0.1) is 11.6 Å². The number of halogens is 1. The van der Waals surface area contributed by atoms with E-state index in [0.29, 0.717) is 5.25 Å². The van der Waals surface area contributed by atoms with E-state index in [9.17, 15) is 4.79 Å². The van der Waals surface area contributed by atoms with Gasteiger partial charge in [0.1, 0.15) is 5.38 Å². The number of thioether (sulfide) groups is 1.